The molecule has 20 heavy (non-hydrogen) atoms. The summed E-state index contributed by atoms with van der Waals surface area (Å²) in [5, 5.41) is 0.403. The molecule has 1 aromatic carbocycles. The van der Waals surface area contributed by atoms with Crippen LogP contribution in [0.5, 0.6) is 5.75 Å². The molecule has 106 valence electrons. The van der Waals surface area contributed by atoms with Crippen molar-refractivity contribution in [1.82, 2.24) is 9.97 Å². The fourth-order valence-electron chi connectivity index (χ4n) is 1.79. The van der Waals surface area contributed by atoms with Gasteiger partial charge >= 0.3 is 6.61 Å². The summed E-state index contributed by atoms with van der Waals surface area (Å²) in [4.78, 5) is 8.64. The molecule has 2 aromatic rings. The van der Waals surface area contributed by atoms with Gasteiger partial charge in [0.1, 0.15) is 10.9 Å². The Hall–Kier alpha value is -1.75. The number of aromatic nitrogens is 2. The zero-order chi connectivity index (χ0) is 14.7. The lowest BCUT2D eigenvalue weighted by Crippen LogP contribution is -2.02. The average molecular weight is 299 g/mol. The maximum Gasteiger partial charge on any atom is 0.387 e. The first kappa shape index (κ1) is 14.7. The zero-order valence-electron chi connectivity index (χ0n) is 11.0. The highest BCUT2D eigenvalue weighted by molar-refractivity contribution is 6.30. The van der Waals surface area contributed by atoms with E-state index in [4.69, 9.17) is 11.6 Å². The lowest BCUT2D eigenvalue weighted by Gasteiger charge is -2.08. The van der Waals surface area contributed by atoms with E-state index in [1.807, 2.05) is 13.8 Å². The molecular formula is C14H13ClF2N2O. The second-order valence-corrected chi connectivity index (χ2v) is 4.52. The van der Waals surface area contributed by atoms with Gasteiger partial charge < -0.3 is 4.74 Å². The number of halogens is 3. The lowest BCUT2D eigenvalue weighted by molar-refractivity contribution is -0.0498. The van der Waals surface area contributed by atoms with Gasteiger partial charge in [-0.05, 0) is 37.6 Å². The molecule has 0 aliphatic carbocycles. The van der Waals surface area contributed by atoms with Gasteiger partial charge in [0.15, 0.2) is 5.82 Å². The molecule has 2 rings (SSSR count). The zero-order valence-corrected chi connectivity index (χ0v) is 11.8. The molecular weight excluding hydrogens is 286 g/mol. The molecule has 0 atom stereocenters. The minimum absolute atomic E-state index is 0.0951. The summed E-state index contributed by atoms with van der Waals surface area (Å²) >= 11 is 6.07. The van der Waals surface area contributed by atoms with Gasteiger partial charge in [-0.25, -0.2) is 9.97 Å². The third-order valence-electron chi connectivity index (χ3n) is 2.86. The Morgan fingerprint density at radius 2 is 1.85 bits per heavy atom. The van der Waals surface area contributed by atoms with Crippen LogP contribution in [0.15, 0.2) is 24.3 Å². The Balaban J connectivity index is 2.34. The molecule has 0 aliphatic heterocycles. The summed E-state index contributed by atoms with van der Waals surface area (Å²) in [5.41, 5.74) is 2.42. The second kappa shape index (κ2) is 6.13. The Kier molecular flexibility index (Phi) is 4.49. The predicted octanol–water partition coefficient (Wildman–Crippen LogP) is 4.27. The van der Waals surface area contributed by atoms with Crippen molar-refractivity contribution < 1.29 is 13.5 Å². The first-order valence-corrected chi connectivity index (χ1v) is 6.47. The van der Waals surface area contributed by atoms with Gasteiger partial charge in [-0.1, -0.05) is 18.5 Å². The van der Waals surface area contributed by atoms with Crippen LogP contribution in [0.2, 0.25) is 5.15 Å². The summed E-state index contributed by atoms with van der Waals surface area (Å²) < 4.78 is 28.4. The van der Waals surface area contributed by atoms with Crippen molar-refractivity contribution in [3.05, 3.63) is 40.7 Å². The third-order valence-corrected chi connectivity index (χ3v) is 3.23. The van der Waals surface area contributed by atoms with Gasteiger partial charge in [-0.3, -0.25) is 0 Å². The van der Waals surface area contributed by atoms with Gasteiger partial charge in [-0.15, -0.1) is 0 Å². The lowest BCUT2D eigenvalue weighted by atomic mass is 10.1. The highest BCUT2D eigenvalue weighted by Crippen LogP contribution is 2.24. The summed E-state index contributed by atoms with van der Waals surface area (Å²) in [7, 11) is 0. The summed E-state index contributed by atoms with van der Waals surface area (Å²) in [5.74, 6) is 0.568. The molecule has 0 radical (unpaired) electrons. The highest BCUT2D eigenvalue weighted by Gasteiger charge is 2.10. The smallest absolute Gasteiger partial charge is 0.387 e. The van der Waals surface area contributed by atoms with Crippen molar-refractivity contribution in [2.75, 3.05) is 0 Å². The molecule has 0 spiro atoms. The van der Waals surface area contributed by atoms with E-state index in [0.717, 1.165) is 17.7 Å². The van der Waals surface area contributed by atoms with Crippen LogP contribution < -0.4 is 4.74 Å². The van der Waals surface area contributed by atoms with Crippen LogP contribution in [-0.4, -0.2) is 16.6 Å². The average Bonchev–Trinajstić information content (AvgIpc) is 2.42. The molecule has 1 aromatic heterocycles. The Morgan fingerprint density at radius 3 is 2.40 bits per heavy atom. The van der Waals surface area contributed by atoms with E-state index in [2.05, 4.69) is 14.7 Å². The first-order valence-electron chi connectivity index (χ1n) is 6.09. The van der Waals surface area contributed by atoms with Crippen LogP contribution in [0, 0.1) is 6.92 Å². The number of rotatable bonds is 4. The van der Waals surface area contributed by atoms with Crippen LogP contribution >= 0.6 is 11.6 Å². The van der Waals surface area contributed by atoms with Crippen molar-refractivity contribution >= 4 is 11.6 Å². The monoisotopic (exact) mass is 298 g/mol. The fourth-order valence-corrected chi connectivity index (χ4v) is 1.98. The fraction of sp³-hybridized carbons (Fsp3) is 0.286. The van der Waals surface area contributed by atoms with Crippen LogP contribution in [0.4, 0.5) is 8.78 Å². The topological polar surface area (TPSA) is 35.0 Å². The van der Waals surface area contributed by atoms with E-state index in [1.165, 1.54) is 12.1 Å². The number of hydrogen-bond donors (Lipinski definition) is 0. The normalized spacial score (nSPS) is 10.9. The number of alkyl halides is 2. The molecule has 0 aliphatic rings. The standard InChI is InChI=1S/C14H13ClF2N2O/c1-3-11-8(2)12(15)19-13(18-11)9-4-6-10(7-5-9)20-14(16)17/h4-7,14H,3H2,1-2H3. The molecule has 0 fully saturated rings. The molecule has 6 heteroatoms. The molecule has 0 saturated heterocycles. The van der Waals surface area contributed by atoms with E-state index < -0.39 is 6.61 Å². The van der Waals surface area contributed by atoms with Crippen LogP contribution in [0.25, 0.3) is 11.4 Å². The quantitative estimate of drug-likeness (QED) is 0.791. The van der Waals surface area contributed by atoms with Gasteiger partial charge in [0, 0.05) is 16.8 Å². The number of nitrogens with zero attached hydrogens (tertiary/aromatic N) is 2. The molecule has 0 unspecified atom stereocenters. The van der Waals surface area contributed by atoms with Gasteiger partial charge in [0.05, 0.1) is 0 Å². The molecule has 1 heterocycles. The highest BCUT2D eigenvalue weighted by atomic mass is 35.5. The van der Waals surface area contributed by atoms with Crippen molar-refractivity contribution in [1.29, 1.82) is 0 Å². The van der Waals surface area contributed by atoms with Crippen molar-refractivity contribution in [3.63, 3.8) is 0 Å². The Bertz CT molecular complexity index is 603. The number of benzene rings is 1. The number of hydrogen-bond acceptors (Lipinski definition) is 3. The maximum absolute atomic E-state index is 12.1. The predicted molar refractivity (Wildman–Crippen MR) is 73.2 cm³/mol. The maximum atomic E-state index is 12.1. The summed E-state index contributed by atoms with van der Waals surface area (Å²) in [6.07, 6.45) is 0.744. The molecule has 0 amide bonds. The Morgan fingerprint density at radius 1 is 1.20 bits per heavy atom. The van der Waals surface area contributed by atoms with E-state index in [0.29, 0.717) is 16.5 Å². The second-order valence-electron chi connectivity index (χ2n) is 4.17. The first-order chi connectivity index (χ1) is 9.51. The largest absolute Gasteiger partial charge is 0.435 e. The van der Waals surface area contributed by atoms with Gasteiger partial charge in [0.25, 0.3) is 0 Å². The number of aryl methyl sites for hydroxylation is 1. The summed E-state index contributed by atoms with van der Waals surface area (Å²) in [6.45, 7) is 1.01. The van der Waals surface area contributed by atoms with E-state index in [1.54, 1.807) is 12.1 Å². The SMILES string of the molecule is CCc1nc(-c2ccc(OC(F)F)cc2)nc(Cl)c1C. The molecule has 3 nitrogen and oxygen atoms in total. The van der Waals surface area contributed by atoms with E-state index in [9.17, 15) is 8.78 Å². The van der Waals surface area contributed by atoms with E-state index in [-0.39, 0.29) is 5.75 Å². The van der Waals surface area contributed by atoms with Crippen molar-refractivity contribution in [2.45, 2.75) is 26.9 Å². The van der Waals surface area contributed by atoms with Crippen molar-refractivity contribution in [2.24, 2.45) is 0 Å². The van der Waals surface area contributed by atoms with Crippen LogP contribution in [0.1, 0.15) is 18.2 Å². The third kappa shape index (κ3) is 3.22. The van der Waals surface area contributed by atoms with Gasteiger partial charge in [-0.2, -0.15) is 8.78 Å². The number of ether oxygens (including phenoxy) is 1. The minimum atomic E-state index is -2.84. The molecule has 0 bridgehead atoms. The molecule has 0 N–H and O–H groups in total. The van der Waals surface area contributed by atoms with Gasteiger partial charge in [0.2, 0.25) is 0 Å². The van der Waals surface area contributed by atoms with Crippen LogP contribution in [-0.2, 0) is 6.42 Å². The van der Waals surface area contributed by atoms with Crippen molar-refractivity contribution in [3.8, 4) is 17.1 Å². The van der Waals surface area contributed by atoms with Crippen LogP contribution in [0.3, 0.4) is 0 Å². The van der Waals surface area contributed by atoms with E-state index >= 15 is 0 Å². The molecule has 0 saturated carbocycles. The summed E-state index contributed by atoms with van der Waals surface area (Å²) in [6, 6.07) is 6.14. The minimum Gasteiger partial charge on any atom is -0.435 e. The Labute approximate surface area is 120 Å².